The third-order valence-electron chi connectivity index (χ3n) is 3.48. The predicted molar refractivity (Wildman–Crippen MR) is 97.2 cm³/mol. The minimum Gasteiger partial charge on any atom is -0.481 e. The van der Waals surface area contributed by atoms with Gasteiger partial charge in [-0.15, -0.1) is 11.3 Å². The fourth-order valence-corrected chi connectivity index (χ4v) is 2.84. The van der Waals surface area contributed by atoms with E-state index in [1.807, 2.05) is 5.38 Å². The Balaban J connectivity index is 1.80. The van der Waals surface area contributed by atoms with Crippen molar-refractivity contribution in [3.8, 4) is 0 Å². The number of aliphatic carboxylic acids is 1. The number of hydrogen-bond donors (Lipinski definition) is 3. The van der Waals surface area contributed by atoms with E-state index >= 15 is 0 Å². The Bertz CT molecular complexity index is 728. The fourth-order valence-electron chi connectivity index (χ4n) is 2.22. The van der Waals surface area contributed by atoms with Gasteiger partial charge in [0.1, 0.15) is 0 Å². The van der Waals surface area contributed by atoms with Crippen molar-refractivity contribution in [2.45, 2.75) is 25.7 Å². The second-order valence-corrected chi connectivity index (χ2v) is 6.42. The molecule has 0 spiro atoms. The molecule has 7 heteroatoms. The van der Waals surface area contributed by atoms with Crippen LogP contribution in [0.5, 0.6) is 0 Å². The molecule has 0 saturated carbocycles. The number of amides is 2. The average molecular weight is 360 g/mol. The topological polar surface area (TPSA) is 95.5 Å². The lowest BCUT2D eigenvalue weighted by Gasteiger charge is -2.08. The summed E-state index contributed by atoms with van der Waals surface area (Å²) in [5.74, 6) is -1.22. The summed E-state index contributed by atoms with van der Waals surface area (Å²) < 4.78 is 0. The Morgan fingerprint density at radius 2 is 1.84 bits per heavy atom. The van der Waals surface area contributed by atoms with E-state index in [2.05, 4.69) is 10.6 Å². The molecule has 0 aliphatic carbocycles. The summed E-state index contributed by atoms with van der Waals surface area (Å²) in [4.78, 5) is 35.2. The number of hydrogen-bond acceptors (Lipinski definition) is 4. The van der Waals surface area contributed by atoms with Gasteiger partial charge < -0.3 is 15.7 Å². The number of unbranched alkanes of at least 4 members (excludes halogenated alkanes) is 2. The first-order valence-electron chi connectivity index (χ1n) is 8.01. The summed E-state index contributed by atoms with van der Waals surface area (Å²) in [5, 5.41) is 16.0. The molecule has 2 amide bonds. The Kier molecular flexibility index (Phi) is 7.16. The number of carboxylic acid groups (broad SMARTS) is 1. The summed E-state index contributed by atoms with van der Waals surface area (Å²) in [6, 6.07) is 10.3. The molecular formula is C18H20N2O4S. The van der Waals surface area contributed by atoms with E-state index in [4.69, 9.17) is 5.11 Å². The largest absolute Gasteiger partial charge is 0.481 e. The van der Waals surface area contributed by atoms with Gasteiger partial charge >= 0.3 is 5.97 Å². The summed E-state index contributed by atoms with van der Waals surface area (Å²) >= 11 is 1.35. The van der Waals surface area contributed by atoms with Crippen LogP contribution in [0.4, 0.5) is 5.69 Å². The van der Waals surface area contributed by atoms with Gasteiger partial charge in [0.25, 0.3) is 11.8 Å². The van der Waals surface area contributed by atoms with Gasteiger partial charge in [-0.1, -0.05) is 18.6 Å². The molecule has 0 aliphatic heterocycles. The van der Waals surface area contributed by atoms with Crippen LogP contribution in [0.1, 0.15) is 45.7 Å². The number of rotatable bonds is 9. The van der Waals surface area contributed by atoms with E-state index in [0.29, 0.717) is 29.1 Å². The highest BCUT2D eigenvalue weighted by Crippen LogP contribution is 2.15. The van der Waals surface area contributed by atoms with E-state index in [9.17, 15) is 14.4 Å². The summed E-state index contributed by atoms with van der Waals surface area (Å²) in [5.41, 5.74) is 1.03. The molecule has 1 aromatic carbocycles. The molecule has 0 atom stereocenters. The highest BCUT2D eigenvalue weighted by molar-refractivity contribution is 7.12. The molecule has 0 fully saturated rings. The van der Waals surface area contributed by atoms with E-state index in [0.717, 1.165) is 12.8 Å². The van der Waals surface area contributed by atoms with Crippen LogP contribution in [0, 0.1) is 0 Å². The molecule has 1 heterocycles. The molecule has 6 nitrogen and oxygen atoms in total. The highest BCUT2D eigenvalue weighted by Gasteiger charge is 2.09. The molecule has 1 aromatic heterocycles. The first-order chi connectivity index (χ1) is 12.1. The molecule has 0 bridgehead atoms. The molecule has 3 N–H and O–H groups in total. The van der Waals surface area contributed by atoms with Crippen molar-refractivity contribution >= 4 is 34.8 Å². The maximum atomic E-state index is 12.1. The maximum Gasteiger partial charge on any atom is 0.303 e. The Morgan fingerprint density at radius 3 is 2.56 bits per heavy atom. The number of carbonyl (C=O) groups excluding carboxylic acids is 2. The molecule has 0 unspecified atom stereocenters. The zero-order valence-corrected chi connectivity index (χ0v) is 14.5. The van der Waals surface area contributed by atoms with Gasteiger partial charge in [-0.05, 0) is 42.5 Å². The number of carboxylic acids is 1. The quantitative estimate of drug-likeness (QED) is 0.597. The molecule has 132 valence electrons. The normalized spacial score (nSPS) is 10.2. The third-order valence-corrected chi connectivity index (χ3v) is 4.35. The van der Waals surface area contributed by atoms with Crippen LogP contribution in [0.15, 0.2) is 41.8 Å². The first-order valence-corrected chi connectivity index (χ1v) is 8.89. The number of anilines is 1. The molecule has 2 aromatic rings. The van der Waals surface area contributed by atoms with Crippen LogP contribution >= 0.6 is 11.3 Å². The summed E-state index contributed by atoms with van der Waals surface area (Å²) in [6.45, 7) is 0.490. The van der Waals surface area contributed by atoms with E-state index in [-0.39, 0.29) is 18.2 Å². The molecule has 0 aliphatic rings. The minimum atomic E-state index is -0.801. The Labute approximate surface area is 149 Å². The van der Waals surface area contributed by atoms with Gasteiger partial charge in [0.2, 0.25) is 0 Å². The van der Waals surface area contributed by atoms with Crippen molar-refractivity contribution in [2.75, 3.05) is 11.9 Å². The number of nitrogens with one attached hydrogen (secondary N) is 2. The minimum absolute atomic E-state index is 0.153. The first kappa shape index (κ1) is 18.7. The van der Waals surface area contributed by atoms with Gasteiger partial charge in [-0.3, -0.25) is 14.4 Å². The second-order valence-electron chi connectivity index (χ2n) is 5.47. The highest BCUT2D eigenvalue weighted by atomic mass is 32.1. The Morgan fingerprint density at radius 1 is 1.00 bits per heavy atom. The van der Waals surface area contributed by atoms with Crippen molar-refractivity contribution in [1.82, 2.24) is 5.32 Å². The molecule has 2 rings (SSSR count). The van der Waals surface area contributed by atoms with Gasteiger partial charge in [0.05, 0.1) is 4.88 Å². The van der Waals surface area contributed by atoms with Crippen LogP contribution in [-0.2, 0) is 4.79 Å². The summed E-state index contributed by atoms with van der Waals surface area (Å²) in [7, 11) is 0. The van der Waals surface area contributed by atoms with Gasteiger partial charge in [-0.25, -0.2) is 0 Å². The zero-order valence-electron chi connectivity index (χ0n) is 13.7. The molecule has 0 saturated heterocycles. The van der Waals surface area contributed by atoms with Crippen molar-refractivity contribution < 1.29 is 19.5 Å². The SMILES string of the molecule is O=C(O)CCCCCNC(=O)c1cccc(NC(=O)c2cccs2)c1. The lowest BCUT2D eigenvalue weighted by molar-refractivity contribution is -0.137. The number of benzene rings is 1. The predicted octanol–water partition coefficient (Wildman–Crippen LogP) is 3.38. The monoisotopic (exact) mass is 360 g/mol. The van der Waals surface area contributed by atoms with Crippen LogP contribution < -0.4 is 10.6 Å². The molecule has 0 radical (unpaired) electrons. The third kappa shape index (κ3) is 6.39. The standard InChI is InChI=1S/C18H20N2O4S/c21-16(22)9-2-1-3-10-19-17(23)13-6-4-7-14(12-13)20-18(24)15-8-5-11-25-15/h4-8,11-12H,1-3,9-10H2,(H,19,23)(H,20,24)(H,21,22). The second kappa shape index (κ2) is 9.58. The average Bonchev–Trinajstić information content (AvgIpc) is 3.12. The lowest BCUT2D eigenvalue weighted by Crippen LogP contribution is -2.24. The lowest BCUT2D eigenvalue weighted by atomic mass is 10.1. The summed E-state index contributed by atoms with van der Waals surface area (Å²) in [6.07, 6.45) is 2.24. The molecule has 25 heavy (non-hydrogen) atoms. The fraction of sp³-hybridized carbons (Fsp3) is 0.278. The van der Waals surface area contributed by atoms with Crippen LogP contribution in [0.25, 0.3) is 0 Å². The van der Waals surface area contributed by atoms with Crippen LogP contribution in [0.3, 0.4) is 0 Å². The van der Waals surface area contributed by atoms with Crippen molar-refractivity contribution in [2.24, 2.45) is 0 Å². The van der Waals surface area contributed by atoms with Crippen molar-refractivity contribution in [1.29, 1.82) is 0 Å². The maximum absolute atomic E-state index is 12.1. The van der Waals surface area contributed by atoms with Gasteiger partial charge in [-0.2, -0.15) is 0 Å². The van der Waals surface area contributed by atoms with Gasteiger partial charge in [0, 0.05) is 24.2 Å². The molecular weight excluding hydrogens is 340 g/mol. The Hall–Kier alpha value is -2.67. The van der Waals surface area contributed by atoms with E-state index in [1.54, 1.807) is 36.4 Å². The van der Waals surface area contributed by atoms with Crippen LogP contribution in [-0.4, -0.2) is 29.4 Å². The van der Waals surface area contributed by atoms with E-state index in [1.165, 1.54) is 11.3 Å². The zero-order chi connectivity index (χ0) is 18.1. The van der Waals surface area contributed by atoms with Crippen molar-refractivity contribution in [3.05, 3.63) is 52.2 Å². The van der Waals surface area contributed by atoms with Crippen LogP contribution in [0.2, 0.25) is 0 Å². The smallest absolute Gasteiger partial charge is 0.303 e. The van der Waals surface area contributed by atoms with Crippen molar-refractivity contribution in [3.63, 3.8) is 0 Å². The van der Waals surface area contributed by atoms with E-state index < -0.39 is 5.97 Å². The van der Waals surface area contributed by atoms with Gasteiger partial charge in [0.15, 0.2) is 0 Å². The number of thiophene rings is 1. The number of carbonyl (C=O) groups is 3.